The normalized spacial score (nSPS) is 10.7. The molecule has 0 bridgehead atoms. The highest BCUT2D eigenvalue weighted by atomic mass is 16.5. The van der Waals surface area contributed by atoms with Crippen molar-refractivity contribution in [1.29, 1.82) is 0 Å². The highest BCUT2D eigenvalue weighted by Crippen LogP contribution is 2.27. The molecule has 3 aromatic carbocycles. The summed E-state index contributed by atoms with van der Waals surface area (Å²) in [6.07, 6.45) is 0. The second-order valence-corrected chi connectivity index (χ2v) is 8.67. The lowest BCUT2D eigenvalue weighted by Crippen LogP contribution is -2.37. The van der Waals surface area contributed by atoms with Crippen LogP contribution in [0.15, 0.2) is 82.0 Å². The minimum Gasteiger partial charge on any atom is -0.455 e. The number of esters is 1. The number of hydrogen-bond acceptors (Lipinski definition) is 6. The largest absolute Gasteiger partial charge is 0.455 e. The summed E-state index contributed by atoms with van der Waals surface area (Å²) >= 11 is 0. The van der Waals surface area contributed by atoms with E-state index in [2.05, 4.69) is 5.32 Å². The number of ether oxygens (including phenoxy) is 1. The number of likely N-dealkylation sites (N-methyl/N-ethyl adjacent to an activating group) is 1. The molecule has 188 valence electrons. The van der Waals surface area contributed by atoms with Crippen LogP contribution >= 0.6 is 0 Å². The lowest BCUT2D eigenvalue weighted by atomic mass is 10.0. The van der Waals surface area contributed by atoms with Crippen LogP contribution < -0.4 is 10.7 Å². The van der Waals surface area contributed by atoms with Gasteiger partial charge >= 0.3 is 5.97 Å². The lowest BCUT2D eigenvalue weighted by Gasteiger charge is -2.17. The molecule has 0 radical (unpaired) electrons. The zero-order valence-electron chi connectivity index (χ0n) is 20.7. The van der Waals surface area contributed by atoms with E-state index in [1.165, 1.54) is 13.1 Å². The first-order chi connectivity index (χ1) is 17.7. The summed E-state index contributed by atoms with van der Waals surface area (Å²) in [5.41, 5.74) is 2.65. The third-order valence-electron chi connectivity index (χ3n) is 5.87. The van der Waals surface area contributed by atoms with Crippen molar-refractivity contribution in [1.82, 2.24) is 4.90 Å². The van der Waals surface area contributed by atoms with Gasteiger partial charge in [-0.25, -0.2) is 4.79 Å². The number of amides is 2. The quantitative estimate of drug-likeness (QED) is 0.380. The number of anilines is 1. The Morgan fingerprint density at radius 2 is 1.62 bits per heavy atom. The monoisotopic (exact) mass is 498 g/mol. The van der Waals surface area contributed by atoms with Crippen LogP contribution in [0, 0.1) is 13.8 Å². The van der Waals surface area contributed by atoms with Crippen LogP contribution in [0.2, 0.25) is 0 Å². The van der Waals surface area contributed by atoms with Gasteiger partial charge in [0.05, 0.1) is 11.9 Å². The van der Waals surface area contributed by atoms with E-state index in [0.717, 1.165) is 10.5 Å². The molecule has 8 heteroatoms. The SMILES string of the molecule is Cc1ccc(NC(=O)CN(C)C(=O)COC(=O)c2cccc3c(=O)c(C)c(-c4ccccc4)oc23)cc1. The molecular weight excluding hydrogens is 472 g/mol. The topological polar surface area (TPSA) is 106 Å². The number of carbonyl (C=O) groups is 3. The number of aryl methyl sites for hydroxylation is 1. The molecule has 0 unspecified atom stereocenters. The number of carbonyl (C=O) groups excluding carboxylic acids is 3. The van der Waals surface area contributed by atoms with Gasteiger partial charge in [-0.05, 0) is 38.1 Å². The molecule has 37 heavy (non-hydrogen) atoms. The highest BCUT2D eigenvalue weighted by molar-refractivity contribution is 6.03. The molecule has 4 aromatic rings. The van der Waals surface area contributed by atoms with E-state index >= 15 is 0 Å². The van der Waals surface area contributed by atoms with Crippen molar-refractivity contribution in [3.8, 4) is 11.3 Å². The second-order valence-electron chi connectivity index (χ2n) is 8.67. The van der Waals surface area contributed by atoms with Gasteiger partial charge in [0.2, 0.25) is 5.91 Å². The molecule has 2 amide bonds. The summed E-state index contributed by atoms with van der Waals surface area (Å²) in [7, 11) is 1.44. The average molecular weight is 499 g/mol. The van der Waals surface area contributed by atoms with Gasteiger partial charge < -0.3 is 19.4 Å². The number of fused-ring (bicyclic) bond motifs is 1. The van der Waals surface area contributed by atoms with E-state index in [1.54, 1.807) is 31.2 Å². The van der Waals surface area contributed by atoms with Crippen molar-refractivity contribution in [2.24, 2.45) is 0 Å². The fourth-order valence-corrected chi connectivity index (χ4v) is 3.79. The van der Waals surface area contributed by atoms with Crippen LogP contribution in [0.3, 0.4) is 0 Å². The van der Waals surface area contributed by atoms with Crippen molar-refractivity contribution in [3.63, 3.8) is 0 Å². The zero-order chi connectivity index (χ0) is 26.5. The molecule has 0 spiro atoms. The summed E-state index contributed by atoms with van der Waals surface area (Å²) < 4.78 is 11.3. The Kier molecular flexibility index (Phi) is 7.48. The Morgan fingerprint density at radius 1 is 0.919 bits per heavy atom. The van der Waals surface area contributed by atoms with Gasteiger partial charge in [0.15, 0.2) is 17.6 Å². The van der Waals surface area contributed by atoms with Crippen LogP contribution in [0.4, 0.5) is 5.69 Å². The molecular formula is C29H26N2O6. The summed E-state index contributed by atoms with van der Waals surface area (Å²) in [4.78, 5) is 51.8. The number of para-hydroxylation sites is 1. The minimum atomic E-state index is -0.817. The van der Waals surface area contributed by atoms with Gasteiger partial charge in [-0.1, -0.05) is 54.1 Å². The summed E-state index contributed by atoms with van der Waals surface area (Å²) in [5.74, 6) is -1.41. The average Bonchev–Trinajstić information content (AvgIpc) is 2.90. The number of hydrogen-bond donors (Lipinski definition) is 1. The van der Waals surface area contributed by atoms with E-state index < -0.39 is 18.5 Å². The number of nitrogens with one attached hydrogen (secondary N) is 1. The smallest absolute Gasteiger partial charge is 0.342 e. The van der Waals surface area contributed by atoms with E-state index in [9.17, 15) is 19.2 Å². The third kappa shape index (κ3) is 5.75. The predicted octanol–water partition coefficient (Wildman–Crippen LogP) is 4.33. The maximum Gasteiger partial charge on any atom is 0.342 e. The van der Waals surface area contributed by atoms with E-state index in [-0.39, 0.29) is 34.4 Å². The van der Waals surface area contributed by atoms with Gasteiger partial charge in [-0.15, -0.1) is 0 Å². The van der Waals surface area contributed by atoms with Crippen molar-refractivity contribution in [3.05, 3.63) is 99.7 Å². The van der Waals surface area contributed by atoms with Gasteiger partial charge in [0.25, 0.3) is 5.91 Å². The van der Waals surface area contributed by atoms with E-state index in [0.29, 0.717) is 22.6 Å². The molecule has 4 rings (SSSR count). The Hall–Kier alpha value is -4.72. The number of nitrogens with zero attached hydrogens (tertiary/aromatic N) is 1. The fourth-order valence-electron chi connectivity index (χ4n) is 3.79. The minimum absolute atomic E-state index is 0.0272. The summed E-state index contributed by atoms with van der Waals surface area (Å²) in [6, 6.07) is 21.0. The van der Waals surface area contributed by atoms with Gasteiger partial charge in [-0.2, -0.15) is 0 Å². The number of benzene rings is 3. The molecule has 1 N–H and O–H groups in total. The van der Waals surface area contributed by atoms with Crippen molar-refractivity contribution in [2.45, 2.75) is 13.8 Å². The fraction of sp³-hybridized carbons (Fsp3) is 0.172. The molecule has 0 fully saturated rings. The molecule has 0 saturated carbocycles. The summed E-state index contributed by atoms with van der Waals surface area (Å²) in [6.45, 7) is 2.81. The van der Waals surface area contributed by atoms with Crippen molar-refractivity contribution in [2.75, 3.05) is 25.5 Å². The van der Waals surface area contributed by atoms with Gasteiger partial charge in [0.1, 0.15) is 11.3 Å². The lowest BCUT2D eigenvalue weighted by molar-refractivity contribution is -0.136. The van der Waals surface area contributed by atoms with Gasteiger partial charge in [-0.3, -0.25) is 14.4 Å². The standard InChI is InChI=1S/C29H26N2O6/c1-18-12-14-21(15-13-18)30-24(32)16-31(3)25(33)17-36-29(35)23-11-7-10-22-26(34)19(2)27(37-28(22)23)20-8-5-4-6-9-20/h4-15H,16-17H2,1-3H3,(H,30,32). The van der Waals surface area contributed by atoms with Crippen LogP contribution in [0.5, 0.6) is 0 Å². The molecule has 1 heterocycles. The van der Waals surface area contributed by atoms with E-state index in [4.69, 9.17) is 9.15 Å². The Morgan fingerprint density at radius 3 is 2.32 bits per heavy atom. The highest BCUT2D eigenvalue weighted by Gasteiger charge is 2.21. The molecule has 0 aliphatic rings. The first-order valence-electron chi connectivity index (χ1n) is 11.6. The molecule has 8 nitrogen and oxygen atoms in total. The molecule has 1 aromatic heterocycles. The Bertz CT molecular complexity index is 1520. The van der Waals surface area contributed by atoms with Crippen LogP contribution in [-0.4, -0.2) is 42.9 Å². The second kappa shape index (κ2) is 10.9. The first kappa shape index (κ1) is 25.4. The molecule has 0 aliphatic carbocycles. The molecule has 0 saturated heterocycles. The van der Waals surface area contributed by atoms with Crippen molar-refractivity contribution >= 4 is 34.4 Å². The van der Waals surface area contributed by atoms with Crippen molar-refractivity contribution < 1.29 is 23.5 Å². The Labute approximate surface area is 213 Å². The molecule has 0 atom stereocenters. The van der Waals surface area contributed by atoms with Gasteiger partial charge in [0, 0.05) is 23.9 Å². The van der Waals surface area contributed by atoms with E-state index in [1.807, 2.05) is 49.4 Å². The number of rotatable bonds is 7. The maximum atomic E-state index is 13.0. The maximum absolute atomic E-state index is 13.0. The predicted molar refractivity (Wildman–Crippen MR) is 140 cm³/mol. The van der Waals surface area contributed by atoms with Crippen LogP contribution in [-0.2, 0) is 14.3 Å². The first-order valence-corrected chi connectivity index (χ1v) is 11.6. The van der Waals surface area contributed by atoms with Crippen LogP contribution in [0.1, 0.15) is 21.5 Å². The zero-order valence-corrected chi connectivity index (χ0v) is 20.7. The van der Waals surface area contributed by atoms with Crippen LogP contribution in [0.25, 0.3) is 22.3 Å². The Balaban J connectivity index is 1.46. The third-order valence-corrected chi connectivity index (χ3v) is 5.87. The molecule has 0 aliphatic heterocycles. The summed E-state index contributed by atoms with van der Waals surface area (Å²) in [5, 5.41) is 2.95.